The van der Waals surface area contributed by atoms with E-state index in [1.165, 1.54) is 0 Å². The Morgan fingerprint density at radius 1 is 1.15 bits per heavy atom. The number of primary amides is 1. The van der Waals surface area contributed by atoms with Crippen LogP contribution in [0.5, 0.6) is 0 Å². The Hall–Kier alpha value is -1.34. The van der Waals surface area contributed by atoms with E-state index in [0.29, 0.717) is 6.04 Å². The molecule has 0 unspecified atom stereocenters. The fourth-order valence-electron chi connectivity index (χ4n) is 3.81. The zero-order valence-corrected chi connectivity index (χ0v) is 16.3. The molecule has 1 aliphatic heterocycles. The summed E-state index contributed by atoms with van der Waals surface area (Å²) in [4.78, 5) is 18.3. The van der Waals surface area contributed by atoms with Crippen LogP contribution in [0.3, 0.4) is 0 Å². The van der Waals surface area contributed by atoms with Crippen LogP contribution in [0.1, 0.15) is 58.3 Å². The number of nitrogens with zero attached hydrogens (tertiary/aromatic N) is 2. The lowest BCUT2D eigenvalue weighted by Crippen LogP contribution is -2.45. The summed E-state index contributed by atoms with van der Waals surface area (Å²) in [5.74, 6) is 0.830. The van der Waals surface area contributed by atoms with E-state index in [9.17, 15) is 9.90 Å². The van der Waals surface area contributed by atoms with Crippen LogP contribution >= 0.6 is 0 Å². The second kappa shape index (κ2) is 11.4. The topological polar surface area (TPSA) is 103 Å². The van der Waals surface area contributed by atoms with Gasteiger partial charge in [-0.2, -0.15) is 0 Å². The van der Waals surface area contributed by atoms with E-state index in [-0.39, 0.29) is 17.9 Å². The highest BCUT2D eigenvalue weighted by Gasteiger charge is 2.22. The Morgan fingerprint density at radius 2 is 1.85 bits per heavy atom. The number of likely N-dealkylation sites (tertiary alicyclic amines) is 1. The van der Waals surface area contributed by atoms with Gasteiger partial charge in [-0.05, 0) is 77.9 Å². The lowest BCUT2D eigenvalue weighted by molar-refractivity contribution is -0.123. The molecule has 1 saturated heterocycles. The number of nitrogens with one attached hydrogen (secondary N) is 2. The first-order chi connectivity index (χ1) is 12.6. The first-order valence-electron chi connectivity index (χ1n) is 10.3. The van der Waals surface area contributed by atoms with Crippen molar-refractivity contribution in [2.24, 2.45) is 16.6 Å². The van der Waals surface area contributed by atoms with E-state index in [4.69, 9.17) is 10.7 Å². The maximum absolute atomic E-state index is 11.2. The summed E-state index contributed by atoms with van der Waals surface area (Å²) in [6, 6.07) is 0.419. The molecule has 2 aliphatic rings. The Bertz CT molecular complexity index is 441. The molecule has 0 bridgehead atoms. The number of piperidine rings is 1. The van der Waals surface area contributed by atoms with E-state index >= 15 is 0 Å². The number of carbonyl (C=O) groups excluding carboxylic acids is 1. The van der Waals surface area contributed by atoms with Crippen LogP contribution in [0.4, 0.5) is 0 Å². The molecule has 0 aromatic heterocycles. The van der Waals surface area contributed by atoms with Crippen molar-refractivity contribution >= 4 is 11.9 Å². The number of unbranched alkanes of at least 4 members (excludes halogenated alkanes) is 1. The van der Waals surface area contributed by atoms with Crippen LogP contribution in [-0.4, -0.2) is 66.7 Å². The zero-order chi connectivity index (χ0) is 18.8. The minimum absolute atomic E-state index is 0.0745. The molecule has 0 atom stereocenters. The number of amides is 1. The summed E-state index contributed by atoms with van der Waals surface area (Å²) in [5.41, 5.74) is 5.38. The third-order valence-electron chi connectivity index (χ3n) is 5.52. The molecule has 1 amide bonds. The largest absolute Gasteiger partial charge is 0.393 e. The van der Waals surface area contributed by atoms with Crippen molar-refractivity contribution in [3.8, 4) is 0 Å². The van der Waals surface area contributed by atoms with Gasteiger partial charge in [0.05, 0.1) is 6.10 Å². The Balaban J connectivity index is 1.61. The van der Waals surface area contributed by atoms with Gasteiger partial charge < -0.3 is 26.4 Å². The van der Waals surface area contributed by atoms with Gasteiger partial charge in [0.15, 0.2) is 5.96 Å². The van der Waals surface area contributed by atoms with Gasteiger partial charge in [0.25, 0.3) is 0 Å². The lowest BCUT2D eigenvalue weighted by Gasteiger charge is -2.30. The summed E-state index contributed by atoms with van der Waals surface area (Å²) in [6.45, 7) is 6.80. The maximum atomic E-state index is 11.2. The van der Waals surface area contributed by atoms with Crippen molar-refractivity contribution in [3.05, 3.63) is 0 Å². The number of hydrogen-bond donors (Lipinski definition) is 4. The molecule has 1 aliphatic carbocycles. The third kappa shape index (κ3) is 7.50. The van der Waals surface area contributed by atoms with Gasteiger partial charge in [-0.3, -0.25) is 9.79 Å². The van der Waals surface area contributed by atoms with Crippen molar-refractivity contribution in [1.82, 2.24) is 15.5 Å². The van der Waals surface area contributed by atoms with Crippen LogP contribution in [0.2, 0.25) is 0 Å². The second-order valence-electron chi connectivity index (χ2n) is 7.64. The summed E-state index contributed by atoms with van der Waals surface area (Å²) >= 11 is 0. The van der Waals surface area contributed by atoms with Crippen molar-refractivity contribution in [1.29, 1.82) is 0 Å². The number of nitrogens with two attached hydrogens (primary N) is 1. The fraction of sp³-hybridized carbons (Fsp3) is 0.895. The van der Waals surface area contributed by atoms with Crippen LogP contribution in [-0.2, 0) is 4.79 Å². The van der Waals surface area contributed by atoms with Crippen molar-refractivity contribution in [2.45, 2.75) is 70.4 Å². The molecule has 2 rings (SSSR count). The lowest BCUT2D eigenvalue weighted by atomic mass is 9.93. The Morgan fingerprint density at radius 3 is 2.46 bits per heavy atom. The summed E-state index contributed by atoms with van der Waals surface area (Å²) in [5, 5.41) is 16.4. The number of hydrogen-bond acceptors (Lipinski definition) is 4. The van der Waals surface area contributed by atoms with Gasteiger partial charge in [-0.1, -0.05) is 0 Å². The van der Waals surface area contributed by atoms with E-state index in [2.05, 4.69) is 22.5 Å². The normalized spacial score (nSPS) is 25.8. The summed E-state index contributed by atoms with van der Waals surface area (Å²) in [6.07, 6.45) is 7.64. The predicted octanol–water partition coefficient (Wildman–Crippen LogP) is 0.823. The Labute approximate surface area is 157 Å². The van der Waals surface area contributed by atoms with Gasteiger partial charge in [0, 0.05) is 25.0 Å². The molecule has 26 heavy (non-hydrogen) atoms. The third-order valence-corrected chi connectivity index (χ3v) is 5.52. The predicted molar refractivity (Wildman–Crippen MR) is 105 cm³/mol. The second-order valence-corrected chi connectivity index (χ2v) is 7.64. The molecule has 5 N–H and O–H groups in total. The quantitative estimate of drug-likeness (QED) is 0.289. The van der Waals surface area contributed by atoms with Crippen molar-refractivity contribution < 1.29 is 9.90 Å². The number of guanidine groups is 1. The highest BCUT2D eigenvalue weighted by Crippen LogP contribution is 2.18. The summed E-state index contributed by atoms with van der Waals surface area (Å²) in [7, 11) is 0. The SMILES string of the molecule is CCNC(=NCCCCN1CCC(C(N)=O)CC1)NC1CCC(O)CC1. The van der Waals surface area contributed by atoms with Gasteiger partial charge in [-0.15, -0.1) is 0 Å². The fourth-order valence-corrected chi connectivity index (χ4v) is 3.81. The van der Waals surface area contributed by atoms with E-state index in [1.807, 2.05) is 0 Å². The number of aliphatic imine (C=N–C) groups is 1. The monoisotopic (exact) mass is 367 g/mol. The van der Waals surface area contributed by atoms with Crippen LogP contribution in [0.15, 0.2) is 4.99 Å². The van der Waals surface area contributed by atoms with E-state index in [1.54, 1.807) is 0 Å². The van der Waals surface area contributed by atoms with Crippen LogP contribution in [0, 0.1) is 5.92 Å². The van der Waals surface area contributed by atoms with Gasteiger partial charge in [0.2, 0.25) is 5.91 Å². The van der Waals surface area contributed by atoms with Crippen LogP contribution < -0.4 is 16.4 Å². The Kier molecular flexibility index (Phi) is 9.18. The molecule has 1 heterocycles. The molecular formula is C19H37N5O2. The molecule has 0 aromatic carbocycles. The molecule has 1 saturated carbocycles. The number of aliphatic hydroxyl groups excluding tert-OH is 1. The zero-order valence-electron chi connectivity index (χ0n) is 16.3. The summed E-state index contributed by atoms with van der Waals surface area (Å²) < 4.78 is 0. The van der Waals surface area contributed by atoms with Crippen molar-refractivity contribution in [2.75, 3.05) is 32.7 Å². The van der Waals surface area contributed by atoms with E-state index < -0.39 is 0 Å². The first-order valence-corrected chi connectivity index (χ1v) is 10.3. The van der Waals surface area contributed by atoms with E-state index in [0.717, 1.165) is 90.0 Å². The highest BCUT2D eigenvalue weighted by atomic mass is 16.3. The van der Waals surface area contributed by atoms with Gasteiger partial charge >= 0.3 is 0 Å². The average molecular weight is 368 g/mol. The first kappa shape index (κ1) is 21.0. The minimum Gasteiger partial charge on any atom is -0.393 e. The molecule has 150 valence electrons. The van der Waals surface area contributed by atoms with Crippen LogP contribution in [0.25, 0.3) is 0 Å². The molecule has 0 radical (unpaired) electrons. The number of rotatable bonds is 8. The molecule has 7 nitrogen and oxygen atoms in total. The van der Waals surface area contributed by atoms with Crippen molar-refractivity contribution in [3.63, 3.8) is 0 Å². The minimum atomic E-state index is -0.144. The number of carbonyl (C=O) groups is 1. The highest BCUT2D eigenvalue weighted by molar-refractivity contribution is 5.80. The van der Waals surface area contributed by atoms with Gasteiger partial charge in [-0.25, -0.2) is 0 Å². The molecule has 0 aromatic rings. The molecule has 0 spiro atoms. The molecular weight excluding hydrogens is 330 g/mol. The molecule has 2 fully saturated rings. The standard InChI is InChI=1S/C19H37N5O2/c1-2-21-19(23-16-5-7-17(25)8-6-16)22-11-3-4-12-24-13-9-15(10-14-24)18(20)26/h15-17,25H,2-14H2,1H3,(H2,20,26)(H2,21,22,23). The average Bonchev–Trinajstić information content (AvgIpc) is 2.64. The molecule has 7 heteroatoms. The number of aliphatic hydroxyl groups is 1. The van der Waals surface area contributed by atoms with Gasteiger partial charge in [0.1, 0.15) is 0 Å². The maximum Gasteiger partial charge on any atom is 0.220 e. The smallest absolute Gasteiger partial charge is 0.220 e.